The van der Waals surface area contributed by atoms with Gasteiger partial charge in [-0.1, -0.05) is 48.0 Å². The lowest BCUT2D eigenvalue weighted by Gasteiger charge is -2.31. The lowest BCUT2D eigenvalue weighted by molar-refractivity contribution is -0.150. The monoisotopic (exact) mass is 473 g/mol. The van der Waals surface area contributed by atoms with Crippen LogP contribution in [0.4, 0.5) is 0 Å². The molecule has 1 aliphatic heterocycles. The topological polar surface area (TPSA) is 101 Å². The molecule has 168 valence electrons. The van der Waals surface area contributed by atoms with E-state index in [4.69, 9.17) is 4.74 Å². The van der Waals surface area contributed by atoms with Gasteiger partial charge in [-0.25, -0.2) is 4.79 Å². The minimum absolute atomic E-state index is 0.0721. The highest BCUT2D eigenvalue weighted by atomic mass is 32.2. The quantitative estimate of drug-likeness (QED) is 0.209. The third kappa shape index (κ3) is 4.99. The van der Waals surface area contributed by atoms with Crippen molar-refractivity contribution in [2.24, 2.45) is 5.92 Å². The fourth-order valence-electron chi connectivity index (χ4n) is 3.51. The molecule has 1 fully saturated rings. The minimum atomic E-state index is -1.17. The number of carbonyl (C=O) groups is 4. The fourth-order valence-corrected chi connectivity index (χ4v) is 5.29. The summed E-state index contributed by atoms with van der Waals surface area (Å²) in [5, 5.41) is 9.03. The molecule has 7 nitrogen and oxygen atoms in total. The van der Waals surface area contributed by atoms with Gasteiger partial charge in [-0.15, -0.1) is 11.8 Å². The van der Waals surface area contributed by atoms with Gasteiger partial charge in [-0.2, -0.15) is 12.6 Å². The summed E-state index contributed by atoms with van der Waals surface area (Å²) in [6.07, 6.45) is 0. The first-order valence-electron chi connectivity index (χ1n) is 9.90. The first-order chi connectivity index (χ1) is 15.2. The number of carbonyl (C=O) groups excluding carboxylic acids is 3. The highest BCUT2D eigenvalue weighted by Gasteiger charge is 2.46. The van der Waals surface area contributed by atoms with Crippen molar-refractivity contribution < 1.29 is 29.0 Å². The van der Waals surface area contributed by atoms with E-state index in [1.807, 2.05) is 6.92 Å². The number of aryl methyl sites for hydroxylation is 1. The first-order valence-corrected chi connectivity index (χ1v) is 11.6. The summed E-state index contributed by atoms with van der Waals surface area (Å²) >= 11 is 5.47. The Labute approximate surface area is 195 Å². The van der Waals surface area contributed by atoms with Crippen molar-refractivity contribution in [2.75, 3.05) is 11.5 Å². The van der Waals surface area contributed by atoms with Crippen LogP contribution in [-0.2, 0) is 14.4 Å². The first kappa shape index (κ1) is 23.9. The zero-order valence-corrected chi connectivity index (χ0v) is 19.3. The summed E-state index contributed by atoms with van der Waals surface area (Å²) in [5.41, 5.74) is 1.82. The van der Waals surface area contributed by atoms with Crippen LogP contribution >= 0.6 is 24.4 Å². The molecule has 2 aromatic rings. The van der Waals surface area contributed by atoms with Crippen LogP contribution < -0.4 is 4.74 Å². The number of benzene rings is 2. The molecule has 0 radical (unpaired) electrons. The van der Waals surface area contributed by atoms with Crippen LogP contribution in [0.2, 0.25) is 0 Å². The van der Waals surface area contributed by atoms with Crippen LogP contribution in [0.25, 0.3) is 0 Å². The molecular weight excluding hydrogens is 450 g/mol. The number of amides is 1. The van der Waals surface area contributed by atoms with Gasteiger partial charge in [0.25, 0.3) is 0 Å². The molecule has 3 atom stereocenters. The van der Waals surface area contributed by atoms with E-state index in [-0.39, 0.29) is 17.3 Å². The van der Waals surface area contributed by atoms with E-state index in [0.29, 0.717) is 11.1 Å². The second-order valence-corrected chi connectivity index (χ2v) is 8.86. The second-order valence-electron chi connectivity index (χ2n) is 7.38. The summed E-state index contributed by atoms with van der Waals surface area (Å²) in [4.78, 5) is 51.4. The number of thioether (sulfide) groups is 1. The largest absolute Gasteiger partial charge is 0.480 e. The molecule has 2 aromatic carbocycles. The van der Waals surface area contributed by atoms with Crippen molar-refractivity contribution >= 4 is 48.0 Å². The van der Waals surface area contributed by atoms with Crippen LogP contribution in [-0.4, -0.2) is 51.2 Å². The number of nitrogens with zero attached hydrogens (tertiary/aromatic N) is 1. The Morgan fingerprint density at radius 1 is 1.16 bits per heavy atom. The second kappa shape index (κ2) is 10.2. The number of carboxylic acid groups (broad SMARTS) is 1. The predicted molar refractivity (Wildman–Crippen MR) is 124 cm³/mol. The SMILES string of the molecule is CC(=O)Oc1ccccc1C1SC[C@@H](C(=O)O)N1C(=O)[C@@H](CS)C(=O)c1ccc(C)cc1. The van der Waals surface area contributed by atoms with Gasteiger partial charge in [0.2, 0.25) is 5.91 Å². The number of para-hydroxylation sites is 1. The van der Waals surface area contributed by atoms with Gasteiger partial charge in [0.15, 0.2) is 5.78 Å². The highest BCUT2D eigenvalue weighted by Crippen LogP contribution is 2.45. The van der Waals surface area contributed by atoms with Crippen LogP contribution in [0.3, 0.4) is 0 Å². The summed E-state index contributed by atoms with van der Waals surface area (Å²) in [6.45, 7) is 3.15. The van der Waals surface area contributed by atoms with Gasteiger partial charge in [0, 0.05) is 29.6 Å². The Morgan fingerprint density at radius 3 is 2.41 bits per heavy atom. The van der Waals surface area contributed by atoms with Crippen LogP contribution in [0.15, 0.2) is 48.5 Å². The Balaban J connectivity index is 1.99. The van der Waals surface area contributed by atoms with E-state index in [2.05, 4.69) is 12.6 Å². The molecule has 1 amide bonds. The molecule has 0 spiro atoms. The van der Waals surface area contributed by atoms with E-state index < -0.39 is 41.0 Å². The van der Waals surface area contributed by atoms with E-state index in [1.165, 1.54) is 23.6 Å². The molecule has 0 aromatic heterocycles. The standard InChI is InChI=1S/C23H23NO6S2/c1-13-7-9-15(10-8-13)20(26)17(11-31)21(27)24-18(23(28)29)12-32-22(24)16-5-3-4-6-19(16)30-14(2)25/h3-10,17-18,22,31H,11-12H2,1-2H3,(H,28,29)/t17-,18-,22?/m0/s1. The third-order valence-electron chi connectivity index (χ3n) is 5.11. The smallest absolute Gasteiger partial charge is 0.327 e. The van der Waals surface area contributed by atoms with Gasteiger partial charge >= 0.3 is 11.9 Å². The number of hydrogen-bond donors (Lipinski definition) is 2. The Hall–Kier alpha value is -2.78. The number of ketones is 1. The number of Topliss-reactive ketones (excluding diaryl/α,β-unsaturated/α-hetero) is 1. The molecule has 1 saturated heterocycles. The van der Waals surface area contributed by atoms with E-state index in [9.17, 15) is 24.3 Å². The maximum atomic E-state index is 13.6. The summed E-state index contributed by atoms with van der Waals surface area (Å²) in [7, 11) is 0. The predicted octanol–water partition coefficient (Wildman–Crippen LogP) is 3.38. The van der Waals surface area contributed by atoms with Crippen molar-refractivity contribution in [3.05, 3.63) is 65.2 Å². The van der Waals surface area contributed by atoms with Gasteiger partial charge < -0.3 is 14.7 Å². The summed E-state index contributed by atoms with van der Waals surface area (Å²) in [6, 6.07) is 12.4. The highest BCUT2D eigenvalue weighted by molar-refractivity contribution is 7.99. The van der Waals surface area contributed by atoms with Crippen molar-refractivity contribution in [2.45, 2.75) is 25.3 Å². The Bertz CT molecular complexity index is 1040. The van der Waals surface area contributed by atoms with Crippen molar-refractivity contribution in [3.63, 3.8) is 0 Å². The van der Waals surface area contributed by atoms with Crippen molar-refractivity contribution in [1.82, 2.24) is 4.90 Å². The number of ether oxygens (including phenoxy) is 1. The lowest BCUT2D eigenvalue weighted by atomic mass is 9.96. The summed E-state index contributed by atoms with van der Waals surface area (Å²) in [5.74, 6) is -3.58. The molecule has 1 heterocycles. The summed E-state index contributed by atoms with van der Waals surface area (Å²) < 4.78 is 5.28. The number of esters is 1. The van der Waals surface area contributed by atoms with Gasteiger partial charge in [0.1, 0.15) is 23.1 Å². The number of aliphatic carboxylic acids is 1. The maximum Gasteiger partial charge on any atom is 0.327 e. The van der Waals surface area contributed by atoms with Gasteiger partial charge in [-0.05, 0) is 13.0 Å². The van der Waals surface area contributed by atoms with E-state index in [0.717, 1.165) is 5.56 Å². The molecule has 0 saturated carbocycles. The molecule has 0 aliphatic carbocycles. The molecule has 1 unspecified atom stereocenters. The van der Waals surface area contributed by atoms with Crippen LogP contribution in [0.1, 0.15) is 33.8 Å². The fraction of sp³-hybridized carbons (Fsp3) is 0.304. The molecule has 9 heteroatoms. The number of hydrogen-bond acceptors (Lipinski definition) is 7. The molecule has 32 heavy (non-hydrogen) atoms. The molecule has 1 aliphatic rings. The Kier molecular flexibility index (Phi) is 7.63. The number of rotatable bonds is 7. The van der Waals surface area contributed by atoms with Gasteiger partial charge in [0.05, 0.1) is 0 Å². The number of carboxylic acids is 1. The third-order valence-corrected chi connectivity index (χ3v) is 6.78. The maximum absolute atomic E-state index is 13.6. The Morgan fingerprint density at radius 2 is 1.81 bits per heavy atom. The van der Waals surface area contributed by atoms with Crippen molar-refractivity contribution in [3.8, 4) is 5.75 Å². The zero-order chi connectivity index (χ0) is 23.4. The minimum Gasteiger partial charge on any atom is -0.480 e. The molecule has 0 bridgehead atoms. The normalized spacial score (nSPS) is 18.8. The number of thiol groups is 1. The molecule has 3 rings (SSSR count). The van der Waals surface area contributed by atoms with Crippen molar-refractivity contribution in [1.29, 1.82) is 0 Å². The van der Waals surface area contributed by atoms with Gasteiger partial charge in [-0.3, -0.25) is 14.4 Å². The molecule has 1 N–H and O–H groups in total. The zero-order valence-electron chi connectivity index (χ0n) is 17.6. The lowest BCUT2D eigenvalue weighted by Crippen LogP contribution is -2.47. The molecular formula is C23H23NO6S2. The average Bonchev–Trinajstić information content (AvgIpc) is 3.20. The average molecular weight is 474 g/mol. The van der Waals surface area contributed by atoms with E-state index in [1.54, 1.807) is 48.5 Å². The van der Waals surface area contributed by atoms with E-state index >= 15 is 0 Å². The van der Waals surface area contributed by atoms with Crippen LogP contribution in [0, 0.1) is 12.8 Å². The van der Waals surface area contributed by atoms with Crippen LogP contribution in [0.5, 0.6) is 5.75 Å².